The van der Waals surface area contributed by atoms with Crippen LogP contribution in [0.25, 0.3) is 0 Å². The van der Waals surface area contributed by atoms with Gasteiger partial charge in [-0.25, -0.2) is 4.79 Å². The molecule has 4 N–H and O–H groups in total. The van der Waals surface area contributed by atoms with Crippen LogP contribution in [0.5, 0.6) is 0 Å². The number of carbonyl (C=O) groups excluding carboxylic acids is 2. The van der Waals surface area contributed by atoms with E-state index >= 15 is 0 Å². The molecule has 0 fully saturated rings. The Morgan fingerprint density at radius 1 is 1.39 bits per heavy atom. The molecule has 0 aliphatic heterocycles. The molecule has 0 heterocycles. The summed E-state index contributed by atoms with van der Waals surface area (Å²) in [6.07, 6.45) is 0. The second-order valence-corrected chi connectivity index (χ2v) is 3.75. The molecule has 0 aliphatic rings. The minimum Gasteiger partial charge on any atom is -0.465 e. The standard InChI is InChI=1S/C12H17N3O3/c1-3-15(7-11(14)16)10-5-4-8(6-9(10)13)12(17)18-2/h4-6H,3,7,13H2,1-2H3,(H2,14,16). The van der Waals surface area contributed by atoms with Crippen LogP contribution in [-0.2, 0) is 9.53 Å². The van der Waals surface area contributed by atoms with Gasteiger partial charge in [-0.1, -0.05) is 0 Å². The average molecular weight is 251 g/mol. The highest BCUT2D eigenvalue weighted by atomic mass is 16.5. The van der Waals surface area contributed by atoms with Crippen molar-refractivity contribution in [1.29, 1.82) is 0 Å². The number of anilines is 2. The van der Waals surface area contributed by atoms with Gasteiger partial charge in [0.15, 0.2) is 0 Å². The van der Waals surface area contributed by atoms with Gasteiger partial charge in [0, 0.05) is 6.54 Å². The lowest BCUT2D eigenvalue weighted by Crippen LogP contribution is -2.34. The van der Waals surface area contributed by atoms with Crippen molar-refractivity contribution in [3.05, 3.63) is 23.8 Å². The number of amides is 1. The molecule has 6 nitrogen and oxygen atoms in total. The van der Waals surface area contributed by atoms with Crippen molar-refractivity contribution in [1.82, 2.24) is 0 Å². The SMILES string of the molecule is CCN(CC(N)=O)c1ccc(C(=O)OC)cc1N. The summed E-state index contributed by atoms with van der Waals surface area (Å²) in [6.45, 7) is 2.56. The summed E-state index contributed by atoms with van der Waals surface area (Å²) < 4.78 is 4.60. The molecule has 0 unspecified atom stereocenters. The fourth-order valence-corrected chi connectivity index (χ4v) is 1.64. The average Bonchev–Trinajstić information content (AvgIpc) is 2.35. The number of nitrogen functional groups attached to an aromatic ring is 1. The molecule has 0 saturated heterocycles. The highest BCUT2D eigenvalue weighted by Gasteiger charge is 2.13. The molecule has 0 aliphatic carbocycles. The summed E-state index contributed by atoms with van der Waals surface area (Å²) in [5.74, 6) is -0.889. The van der Waals surface area contributed by atoms with Crippen LogP contribution < -0.4 is 16.4 Å². The van der Waals surface area contributed by atoms with E-state index < -0.39 is 11.9 Å². The first-order valence-corrected chi connectivity index (χ1v) is 5.50. The van der Waals surface area contributed by atoms with Gasteiger partial charge in [-0.05, 0) is 25.1 Å². The Morgan fingerprint density at radius 3 is 2.50 bits per heavy atom. The molecule has 1 aromatic rings. The summed E-state index contributed by atoms with van der Waals surface area (Å²) in [4.78, 5) is 24.0. The quantitative estimate of drug-likeness (QED) is 0.581. The summed E-state index contributed by atoms with van der Waals surface area (Å²) in [5.41, 5.74) is 12.5. The Hall–Kier alpha value is -2.24. The number of carbonyl (C=O) groups is 2. The first-order chi connectivity index (χ1) is 8.49. The molecule has 0 radical (unpaired) electrons. The number of rotatable bonds is 5. The van der Waals surface area contributed by atoms with Crippen molar-refractivity contribution in [2.24, 2.45) is 5.73 Å². The zero-order valence-electron chi connectivity index (χ0n) is 10.5. The molecule has 18 heavy (non-hydrogen) atoms. The van der Waals surface area contributed by atoms with Crippen molar-refractivity contribution in [2.75, 3.05) is 30.8 Å². The summed E-state index contributed by atoms with van der Waals surface area (Å²) >= 11 is 0. The van der Waals surface area contributed by atoms with E-state index in [-0.39, 0.29) is 6.54 Å². The minimum absolute atomic E-state index is 0.0816. The van der Waals surface area contributed by atoms with Crippen LogP contribution in [0.4, 0.5) is 11.4 Å². The predicted molar refractivity (Wildman–Crippen MR) is 69.3 cm³/mol. The molecule has 0 bridgehead atoms. The third-order valence-electron chi connectivity index (χ3n) is 2.52. The smallest absolute Gasteiger partial charge is 0.337 e. The van der Waals surface area contributed by atoms with Gasteiger partial charge < -0.3 is 21.1 Å². The van der Waals surface area contributed by atoms with Crippen molar-refractivity contribution < 1.29 is 14.3 Å². The fourth-order valence-electron chi connectivity index (χ4n) is 1.64. The molecule has 0 saturated carbocycles. The Kier molecular flexibility index (Phi) is 4.53. The maximum atomic E-state index is 11.3. The maximum absolute atomic E-state index is 11.3. The maximum Gasteiger partial charge on any atom is 0.337 e. The molecule has 0 atom stereocenters. The predicted octanol–water partition coefficient (Wildman–Crippen LogP) is 0.367. The van der Waals surface area contributed by atoms with E-state index in [4.69, 9.17) is 11.5 Å². The number of hydrogen-bond donors (Lipinski definition) is 2. The molecule has 1 amide bonds. The van der Waals surface area contributed by atoms with Crippen LogP contribution in [0.15, 0.2) is 18.2 Å². The normalized spacial score (nSPS) is 9.89. The number of likely N-dealkylation sites (N-methyl/N-ethyl adjacent to an activating group) is 1. The number of nitrogens with zero attached hydrogens (tertiary/aromatic N) is 1. The Morgan fingerprint density at radius 2 is 2.06 bits per heavy atom. The highest BCUT2D eigenvalue weighted by Crippen LogP contribution is 2.24. The minimum atomic E-state index is -0.453. The topological polar surface area (TPSA) is 98.6 Å². The lowest BCUT2D eigenvalue weighted by molar-refractivity contribution is -0.116. The number of ether oxygens (including phenoxy) is 1. The second kappa shape index (κ2) is 5.90. The van der Waals surface area contributed by atoms with Gasteiger partial charge in [0.25, 0.3) is 0 Å². The van der Waals surface area contributed by atoms with Gasteiger partial charge in [0.05, 0.1) is 30.6 Å². The third-order valence-corrected chi connectivity index (χ3v) is 2.52. The Balaban J connectivity index is 3.03. The summed E-state index contributed by atoms with van der Waals surface area (Å²) in [6, 6.07) is 4.79. The van der Waals surface area contributed by atoms with Gasteiger partial charge in [0.1, 0.15) is 0 Å². The van der Waals surface area contributed by atoms with Crippen molar-refractivity contribution in [2.45, 2.75) is 6.92 Å². The number of primary amides is 1. The molecule has 1 aromatic carbocycles. The molecule has 1 rings (SSSR count). The highest BCUT2D eigenvalue weighted by molar-refractivity contribution is 5.92. The van der Waals surface area contributed by atoms with Crippen molar-refractivity contribution in [3.63, 3.8) is 0 Å². The third kappa shape index (κ3) is 3.13. The van der Waals surface area contributed by atoms with E-state index in [1.165, 1.54) is 13.2 Å². The number of esters is 1. The fraction of sp³-hybridized carbons (Fsp3) is 0.333. The Labute approximate surface area is 105 Å². The van der Waals surface area contributed by atoms with E-state index in [2.05, 4.69) is 4.74 Å². The van der Waals surface area contributed by atoms with Gasteiger partial charge in [-0.2, -0.15) is 0 Å². The molecule has 0 spiro atoms. The first kappa shape index (κ1) is 13.8. The van der Waals surface area contributed by atoms with E-state index in [1.807, 2.05) is 6.92 Å². The molecular weight excluding hydrogens is 234 g/mol. The van der Waals surface area contributed by atoms with Gasteiger partial charge in [-0.3, -0.25) is 4.79 Å². The summed E-state index contributed by atoms with van der Waals surface area (Å²) in [5, 5.41) is 0. The van der Waals surface area contributed by atoms with E-state index in [0.29, 0.717) is 23.5 Å². The van der Waals surface area contributed by atoms with Gasteiger partial charge >= 0.3 is 5.97 Å². The zero-order chi connectivity index (χ0) is 13.7. The molecule has 6 heteroatoms. The van der Waals surface area contributed by atoms with Gasteiger partial charge in [-0.15, -0.1) is 0 Å². The molecule has 98 valence electrons. The lowest BCUT2D eigenvalue weighted by Gasteiger charge is -2.23. The number of hydrogen-bond acceptors (Lipinski definition) is 5. The van der Waals surface area contributed by atoms with Crippen molar-refractivity contribution >= 4 is 23.3 Å². The van der Waals surface area contributed by atoms with E-state index in [1.54, 1.807) is 17.0 Å². The summed E-state index contributed by atoms with van der Waals surface area (Å²) in [7, 11) is 1.30. The van der Waals surface area contributed by atoms with Gasteiger partial charge in [0.2, 0.25) is 5.91 Å². The monoisotopic (exact) mass is 251 g/mol. The first-order valence-electron chi connectivity index (χ1n) is 5.50. The van der Waals surface area contributed by atoms with Crippen molar-refractivity contribution in [3.8, 4) is 0 Å². The van der Waals surface area contributed by atoms with Crippen LogP contribution in [0.2, 0.25) is 0 Å². The van der Waals surface area contributed by atoms with Crippen LogP contribution in [0.1, 0.15) is 17.3 Å². The van der Waals surface area contributed by atoms with E-state index in [9.17, 15) is 9.59 Å². The zero-order valence-corrected chi connectivity index (χ0v) is 10.5. The van der Waals surface area contributed by atoms with Crippen LogP contribution in [0, 0.1) is 0 Å². The number of nitrogens with two attached hydrogens (primary N) is 2. The van der Waals surface area contributed by atoms with Crippen LogP contribution in [-0.4, -0.2) is 32.1 Å². The van der Waals surface area contributed by atoms with Crippen LogP contribution >= 0.6 is 0 Å². The number of methoxy groups -OCH3 is 1. The lowest BCUT2D eigenvalue weighted by atomic mass is 10.1. The second-order valence-electron chi connectivity index (χ2n) is 3.75. The van der Waals surface area contributed by atoms with E-state index in [0.717, 1.165) is 0 Å². The molecule has 0 aromatic heterocycles. The largest absolute Gasteiger partial charge is 0.465 e. The molecular formula is C12H17N3O3. The Bertz CT molecular complexity index is 460. The number of benzene rings is 1. The van der Waals surface area contributed by atoms with Crippen LogP contribution in [0.3, 0.4) is 0 Å².